The summed E-state index contributed by atoms with van der Waals surface area (Å²) < 4.78 is 5.78. The normalized spacial score (nSPS) is 11.6. The summed E-state index contributed by atoms with van der Waals surface area (Å²) in [6.45, 7) is 8.72. The third-order valence-electron chi connectivity index (χ3n) is 3.87. The zero-order valence-corrected chi connectivity index (χ0v) is 14.4. The third-order valence-corrected chi connectivity index (χ3v) is 3.87. The molecule has 0 aliphatic rings. The smallest absolute Gasteiger partial charge is 0.194 e. The molecule has 0 bridgehead atoms. The molecule has 23 heavy (non-hydrogen) atoms. The Kier molecular flexibility index (Phi) is 5.80. The van der Waals surface area contributed by atoms with Gasteiger partial charge in [-0.05, 0) is 44.4 Å². The number of aromatic nitrogens is 1. The van der Waals surface area contributed by atoms with Crippen LogP contribution in [0, 0.1) is 13.8 Å². The van der Waals surface area contributed by atoms with Crippen LogP contribution in [-0.4, -0.2) is 17.4 Å². The molecule has 0 saturated carbocycles. The molecule has 0 amide bonds. The minimum absolute atomic E-state index is 0.0587. The number of carbonyl (C=O) groups excluding carboxylic acids is 1. The summed E-state index contributed by atoms with van der Waals surface area (Å²) in [5.74, 6) is 0.856. The number of ether oxygens (including phenoxy) is 1. The van der Waals surface area contributed by atoms with E-state index in [0.717, 1.165) is 46.4 Å². The summed E-state index contributed by atoms with van der Waals surface area (Å²) in [6, 6.07) is 5.85. The Labute approximate surface area is 138 Å². The van der Waals surface area contributed by atoms with E-state index in [9.17, 15) is 4.79 Å². The average Bonchev–Trinajstić information content (AvgIpc) is 3.06. The number of carbonyl (C=O) groups is 1. The van der Waals surface area contributed by atoms with Gasteiger partial charge in [0.25, 0.3) is 0 Å². The Balaban J connectivity index is 2.47. The fourth-order valence-electron chi connectivity index (χ4n) is 2.72. The summed E-state index contributed by atoms with van der Waals surface area (Å²) in [5, 5.41) is 0. The summed E-state index contributed by atoms with van der Waals surface area (Å²) >= 11 is 0. The molecule has 2 aromatic rings. The molecule has 0 fully saturated rings. The fraction of sp³-hybridized carbons (Fsp3) is 0.350. The van der Waals surface area contributed by atoms with E-state index in [4.69, 9.17) is 4.74 Å². The van der Waals surface area contributed by atoms with Crippen LogP contribution in [0.1, 0.15) is 53.7 Å². The largest absolute Gasteiger partial charge is 0.493 e. The van der Waals surface area contributed by atoms with Crippen LogP contribution in [0.25, 0.3) is 5.57 Å². The Morgan fingerprint density at radius 3 is 2.61 bits per heavy atom. The molecule has 0 atom stereocenters. The van der Waals surface area contributed by atoms with E-state index in [1.807, 2.05) is 57.4 Å². The van der Waals surface area contributed by atoms with Crippen molar-refractivity contribution in [3.05, 3.63) is 58.9 Å². The van der Waals surface area contributed by atoms with E-state index in [0.29, 0.717) is 6.61 Å². The predicted octanol–water partition coefficient (Wildman–Crippen LogP) is 5.10. The second kappa shape index (κ2) is 7.82. The van der Waals surface area contributed by atoms with Gasteiger partial charge in [-0.2, -0.15) is 0 Å². The Morgan fingerprint density at radius 2 is 2.00 bits per heavy atom. The van der Waals surface area contributed by atoms with Crippen molar-refractivity contribution in [2.45, 2.75) is 40.5 Å². The number of benzene rings is 1. The van der Waals surface area contributed by atoms with E-state index in [1.54, 1.807) is 0 Å². The first-order valence-corrected chi connectivity index (χ1v) is 8.21. The Bertz CT molecular complexity index is 697. The molecular formula is C20H25NO2. The zero-order chi connectivity index (χ0) is 16.8. The highest BCUT2D eigenvalue weighted by Crippen LogP contribution is 2.29. The van der Waals surface area contributed by atoms with Crippen LogP contribution < -0.4 is 4.74 Å². The van der Waals surface area contributed by atoms with Crippen LogP contribution in [-0.2, 0) is 0 Å². The SMILES string of the molecule is CC/C=C(\C(=O)c1c(C)ccc(OCCC)c1C)c1cc[nH]c1. The lowest BCUT2D eigenvalue weighted by atomic mass is 9.91. The molecule has 0 radical (unpaired) electrons. The van der Waals surface area contributed by atoms with Gasteiger partial charge >= 0.3 is 0 Å². The second-order valence-electron chi connectivity index (χ2n) is 5.68. The van der Waals surface area contributed by atoms with Gasteiger partial charge in [0.05, 0.1) is 6.61 Å². The number of ketones is 1. The topological polar surface area (TPSA) is 42.1 Å². The maximum Gasteiger partial charge on any atom is 0.194 e. The van der Waals surface area contributed by atoms with Gasteiger partial charge < -0.3 is 9.72 Å². The second-order valence-corrected chi connectivity index (χ2v) is 5.68. The highest BCUT2D eigenvalue weighted by atomic mass is 16.5. The molecule has 1 heterocycles. The summed E-state index contributed by atoms with van der Waals surface area (Å²) in [4.78, 5) is 16.2. The number of Topliss-reactive ketones (excluding diaryl/α,β-unsaturated/α-hetero) is 1. The predicted molar refractivity (Wildman–Crippen MR) is 95.1 cm³/mol. The molecule has 3 heteroatoms. The number of hydrogen-bond donors (Lipinski definition) is 1. The van der Waals surface area contributed by atoms with Crippen molar-refractivity contribution in [3.63, 3.8) is 0 Å². The standard InChI is InChI=1S/C20H25NO2/c1-5-7-17(16-10-11-21-13-16)20(22)19-14(3)8-9-18(15(19)4)23-12-6-2/h7-11,13,21H,5-6,12H2,1-4H3/b17-7-. The molecule has 0 unspecified atom stereocenters. The van der Waals surface area contributed by atoms with Crippen molar-refractivity contribution in [3.8, 4) is 5.75 Å². The van der Waals surface area contributed by atoms with E-state index in [2.05, 4.69) is 11.9 Å². The summed E-state index contributed by atoms with van der Waals surface area (Å²) in [5.41, 5.74) is 4.32. The van der Waals surface area contributed by atoms with Crippen LogP contribution in [0.3, 0.4) is 0 Å². The van der Waals surface area contributed by atoms with Crippen molar-refractivity contribution in [1.29, 1.82) is 0 Å². The van der Waals surface area contributed by atoms with Crippen molar-refractivity contribution in [1.82, 2.24) is 4.98 Å². The van der Waals surface area contributed by atoms with Gasteiger partial charge in [-0.3, -0.25) is 4.79 Å². The van der Waals surface area contributed by atoms with Crippen molar-refractivity contribution in [2.75, 3.05) is 6.61 Å². The van der Waals surface area contributed by atoms with E-state index in [-0.39, 0.29) is 5.78 Å². The first-order valence-electron chi connectivity index (χ1n) is 8.21. The van der Waals surface area contributed by atoms with Gasteiger partial charge in [0.1, 0.15) is 5.75 Å². The molecular weight excluding hydrogens is 286 g/mol. The fourth-order valence-corrected chi connectivity index (χ4v) is 2.72. The number of rotatable bonds is 7. The van der Waals surface area contributed by atoms with Gasteiger partial charge in [-0.25, -0.2) is 0 Å². The van der Waals surface area contributed by atoms with Crippen molar-refractivity contribution in [2.24, 2.45) is 0 Å². The molecule has 0 aliphatic heterocycles. The monoisotopic (exact) mass is 311 g/mol. The van der Waals surface area contributed by atoms with E-state index < -0.39 is 0 Å². The number of aromatic amines is 1. The summed E-state index contributed by atoms with van der Waals surface area (Å²) in [7, 11) is 0. The highest BCUT2D eigenvalue weighted by Gasteiger charge is 2.20. The average molecular weight is 311 g/mol. The van der Waals surface area contributed by atoms with E-state index >= 15 is 0 Å². The van der Waals surface area contributed by atoms with Crippen LogP contribution in [0.2, 0.25) is 0 Å². The lowest BCUT2D eigenvalue weighted by Crippen LogP contribution is -2.09. The van der Waals surface area contributed by atoms with Gasteiger partial charge in [0.15, 0.2) is 5.78 Å². The molecule has 3 nitrogen and oxygen atoms in total. The molecule has 0 saturated heterocycles. The van der Waals surface area contributed by atoms with Gasteiger partial charge in [-0.15, -0.1) is 0 Å². The molecule has 122 valence electrons. The number of aryl methyl sites for hydroxylation is 1. The third kappa shape index (κ3) is 3.73. The maximum atomic E-state index is 13.2. The Morgan fingerprint density at radius 1 is 1.22 bits per heavy atom. The number of nitrogens with one attached hydrogen (secondary N) is 1. The van der Waals surface area contributed by atoms with E-state index in [1.165, 1.54) is 0 Å². The van der Waals surface area contributed by atoms with Crippen LogP contribution in [0.15, 0.2) is 36.7 Å². The van der Waals surface area contributed by atoms with Gasteiger partial charge in [-0.1, -0.05) is 26.0 Å². The Hall–Kier alpha value is -2.29. The molecule has 0 aliphatic carbocycles. The molecule has 1 N–H and O–H groups in total. The minimum atomic E-state index is 0.0587. The highest BCUT2D eigenvalue weighted by molar-refractivity contribution is 6.30. The lowest BCUT2D eigenvalue weighted by molar-refractivity contribution is 0.105. The zero-order valence-electron chi connectivity index (χ0n) is 14.4. The molecule has 1 aromatic heterocycles. The van der Waals surface area contributed by atoms with Crippen LogP contribution in [0.5, 0.6) is 5.75 Å². The number of hydrogen-bond acceptors (Lipinski definition) is 2. The first kappa shape index (κ1) is 17.1. The van der Waals surface area contributed by atoms with Crippen LogP contribution >= 0.6 is 0 Å². The first-order chi connectivity index (χ1) is 11.1. The minimum Gasteiger partial charge on any atom is -0.493 e. The molecule has 0 spiro atoms. The van der Waals surface area contributed by atoms with Crippen molar-refractivity contribution < 1.29 is 9.53 Å². The van der Waals surface area contributed by atoms with Crippen molar-refractivity contribution >= 4 is 11.4 Å². The van der Waals surface area contributed by atoms with Gasteiger partial charge in [0.2, 0.25) is 0 Å². The lowest BCUT2D eigenvalue weighted by Gasteiger charge is -2.15. The quantitative estimate of drug-likeness (QED) is 0.571. The molecule has 1 aromatic carbocycles. The van der Waals surface area contributed by atoms with Gasteiger partial charge in [0, 0.05) is 34.7 Å². The molecule has 2 rings (SSSR count). The number of allylic oxidation sites excluding steroid dienone is 2. The number of H-pyrrole nitrogens is 1. The van der Waals surface area contributed by atoms with Crippen LogP contribution in [0.4, 0.5) is 0 Å². The summed E-state index contributed by atoms with van der Waals surface area (Å²) in [6.07, 6.45) is 7.45. The maximum absolute atomic E-state index is 13.2.